The quantitative estimate of drug-likeness (QED) is 0.870. The van der Waals surface area contributed by atoms with Crippen LogP contribution >= 0.6 is 15.9 Å². The monoisotopic (exact) mass is 335 g/mol. The van der Waals surface area contributed by atoms with Crippen molar-refractivity contribution in [3.63, 3.8) is 0 Å². The molecule has 0 unspecified atom stereocenters. The minimum absolute atomic E-state index is 0.448. The molecule has 0 atom stereocenters. The maximum Gasteiger partial charge on any atom is 0.161 e. The maximum atomic E-state index is 5.21. The van der Waals surface area contributed by atoms with Crippen molar-refractivity contribution in [1.29, 1.82) is 0 Å². The van der Waals surface area contributed by atoms with Crippen LogP contribution < -0.4 is 5.32 Å². The first-order valence-electron chi connectivity index (χ1n) is 6.61. The summed E-state index contributed by atoms with van der Waals surface area (Å²) >= 11 is 3.55. The molecule has 4 nitrogen and oxygen atoms in total. The van der Waals surface area contributed by atoms with E-state index in [4.69, 9.17) is 4.74 Å². The Bertz CT molecular complexity index is 561. The number of nitrogens with one attached hydrogen (secondary N) is 1. The second-order valence-corrected chi connectivity index (χ2v) is 5.18. The molecule has 2 aromatic rings. The number of methoxy groups -OCH3 is 1. The number of nitrogens with zero attached hydrogens (tertiary/aromatic N) is 2. The number of benzene rings is 1. The van der Waals surface area contributed by atoms with Crippen LogP contribution in [0.4, 0.5) is 5.82 Å². The van der Waals surface area contributed by atoms with Crippen LogP contribution in [0.5, 0.6) is 0 Å². The van der Waals surface area contributed by atoms with Gasteiger partial charge in [-0.3, -0.25) is 0 Å². The summed E-state index contributed by atoms with van der Waals surface area (Å²) in [5, 5.41) is 3.32. The molecule has 1 heterocycles. The molecule has 0 spiro atoms. The second kappa shape index (κ2) is 7.36. The first-order chi connectivity index (χ1) is 9.76. The largest absolute Gasteiger partial charge is 0.378 e. The van der Waals surface area contributed by atoms with Crippen LogP contribution in [0, 0.1) is 0 Å². The van der Waals surface area contributed by atoms with Gasteiger partial charge < -0.3 is 10.1 Å². The fraction of sp³-hybridized carbons (Fsp3) is 0.333. The van der Waals surface area contributed by atoms with Crippen molar-refractivity contribution in [3.05, 3.63) is 40.5 Å². The third-order valence-electron chi connectivity index (χ3n) is 2.78. The summed E-state index contributed by atoms with van der Waals surface area (Å²) in [6, 6.07) is 9.95. The first kappa shape index (κ1) is 14.9. The average Bonchev–Trinajstić information content (AvgIpc) is 2.49. The highest BCUT2D eigenvalue weighted by atomic mass is 79.9. The van der Waals surface area contributed by atoms with Gasteiger partial charge >= 0.3 is 0 Å². The molecule has 2 rings (SSSR count). The van der Waals surface area contributed by atoms with Gasteiger partial charge in [0.2, 0.25) is 0 Å². The van der Waals surface area contributed by atoms with Gasteiger partial charge in [0.15, 0.2) is 5.82 Å². The van der Waals surface area contributed by atoms with Crippen molar-refractivity contribution >= 4 is 21.7 Å². The zero-order valence-corrected chi connectivity index (χ0v) is 13.3. The van der Waals surface area contributed by atoms with Gasteiger partial charge in [-0.25, -0.2) is 9.97 Å². The summed E-state index contributed by atoms with van der Waals surface area (Å²) in [6.07, 6.45) is 1.04. The van der Waals surface area contributed by atoms with Crippen LogP contribution in [0.1, 0.15) is 19.0 Å². The molecule has 0 amide bonds. The molecule has 0 aliphatic rings. The van der Waals surface area contributed by atoms with Gasteiger partial charge in [0.25, 0.3) is 0 Å². The van der Waals surface area contributed by atoms with E-state index in [2.05, 4.69) is 38.1 Å². The van der Waals surface area contributed by atoms with Gasteiger partial charge in [-0.05, 0) is 22.4 Å². The fourth-order valence-corrected chi connectivity index (χ4v) is 2.23. The van der Waals surface area contributed by atoms with Gasteiger partial charge in [0.1, 0.15) is 5.82 Å². The van der Waals surface area contributed by atoms with E-state index in [9.17, 15) is 0 Å². The molecular formula is C15H18BrN3O. The van der Waals surface area contributed by atoms with Crippen LogP contribution in [0.3, 0.4) is 0 Å². The molecule has 20 heavy (non-hydrogen) atoms. The molecule has 0 saturated carbocycles. The predicted molar refractivity (Wildman–Crippen MR) is 84.7 cm³/mol. The van der Waals surface area contributed by atoms with E-state index in [1.807, 2.05) is 30.3 Å². The Kier molecular flexibility index (Phi) is 5.49. The lowest BCUT2D eigenvalue weighted by Crippen LogP contribution is -2.08. The molecule has 0 aliphatic carbocycles. The summed E-state index contributed by atoms with van der Waals surface area (Å²) < 4.78 is 6.08. The van der Waals surface area contributed by atoms with Gasteiger partial charge in [0, 0.05) is 19.2 Å². The summed E-state index contributed by atoms with van der Waals surface area (Å²) in [6.45, 7) is 3.44. The van der Waals surface area contributed by atoms with Gasteiger partial charge in [-0.15, -0.1) is 0 Å². The normalized spacial score (nSPS) is 10.6. The van der Waals surface area contributed by atoms with E-state index in [1.54, 1.807) is 7.11 Å². The predicted octanol–water partition coefficient (Wildman–Crippen LogP) is 3.87. The molecule has 1 N–H and O–H groups in total. The Balaban J connectivity index is 2.44. The molecule has 5 heteroatoms. The molecule has 1 aromatic carbocycles. The number of anilines is 1. The highest BCUT2D eigenvalue weighted by Crippen LogP contribution is 2.27. The molecule has 0 bridgehead atoms. The molecule has 0 aliphatic heterocycles. The Labute approximate surface area is 127 Å². The summed E-state index contributed by atoms with van der Waals surface area (Å²) in [7, 11) is 1.66. The number of aromatic nitrogens is 2. The van der Waals surface area contributed by atoms with Crippen molar-refractivity contribution in [2.45, 2.75) is 20.0 Å². The SMILES string of the molecule is CCCNc1nc(-c2ccccc2)nc(COC)c1Br. The fourth-order valence-electron chi connectivity index (χ4n) is 1.80. The number of rotatable bonds is 6. The lowest BCUT2D eigenvalue weighted by Gasteiger charge is -2.12. The van der Waals surface area contributed by atoms with Crippen molar-refractivity contribution < 1.29 is 4.74 Å². The van der Waals surface area contributed by atoms with E-state index < -0.39 is 0 Å². The second-order valence-electron chi connectivity index (χ2n) is 4.38. The Morgan fingerprint density at radius 3 is 2.60 bits per heavy atom. The molecule has 0 fully saturated rings. The molecule has 106 valence electrons. The highest BCUT2D eigenvalue weighted by Gasteiger charge is 2.13. The van der Waals surface area contributed by atoms with E-state index in [-0.39, 0.29) is 0 Å². The standard InChI is InChI=1S/C15H18BrN3O/c1-3-9-17-15-13(16)12(10-20-2)18-14(19-15)11-7-5-4-6-8-11/h4-8H,3,9-10H2,1-2H3,(H,17,18,19). The van der Waals surface area contributed by atoms with Crippen LogP contribution in [0.2, 0.25) is 0 Å². The van der Waals surface area contributed by atoms with Crippen LogP contribution in [-0.2, 0) is 11.3 Å². The Morgan fingerprint density at radius 2 is 1.95 bits per heavy atom. The van der Waals surface area contributed by atoms with E-state index in [1.165, 1.54) is 0 Å². The number of halogens is 1. The van der Waals surface area contributed by atoms with Crippen LogP contribution in [0.25, 0.3) is 11.4 Å². The first-order valence-corrected chi connectivity index (χ1v) is 7.40. The van der Waals surface area contributed by atoms with Crippen molar-refractivity contribution in [1.82, 2.24) is 9.97 Å². The zero-order valence-electron chi connectivity index (χ0n) is 11.7. The van der Waals surface area contributed by atoms with Crippen LogP contribution in [0.15, 0.2) is 34.8 Å². The summed E-state index contributed by atoms with van der Waals surface area (Å²) in [5.74, 6) is 1.52. The Morgan fingerprint density at radius 1 is 1.20 bits per heavy atom. The van der Waals surface area contributed by atoms with Crippen molar-refractivity contribution in [2.75, 3.05) is 19.0 Å². The minimum Gasteiger partial charge on any atom is -0.378 e. The molecule has 0 saturated heterocycles. The maximum absolute atomic E-state index is 5.21. The van der Waals surface area contributed by atoms with Crippen molar-refractivity contribution in [2.24, 2.45) is 0 Å². The minimum atomic E-state index is 0.448. The summed E-state index contributed by atoms with van der Waals surface area (Å²) in [5.41, 5.74) is 1.84. The Hall–Kier alpha value is -1.46. The highest BCUT2D eigenvalue weighted by molar-refractivity contribution is 9.10. The smallest absolute Gasteiger partial charge is 0.161 e. The number of ether oxygens (including phenoxy) is 1. The average molecular weight is 336 g/mol. The zero-order chi connectivity index (χ0) is 14.4. The lowest BCUT2D eigenvalue weighted by molar-refractivity contribution is 0.181. The van der Waals surface area contributed by atoms with E-state index in [0.29, 0.717) is 12.4 Å². The van der Waals surface area contributed by atoms with Crippen molar-refractivity contribution in [3.8, 4) is 11.4 Å². The topological polar surface area (TPSA) is 47.0 Å². The van der Waals surface area contributed by atoms with E-state index >= 15 is 0 Å². The van der Waals surface area contributed by atoms with Gasteiger partial charge in [-0.1, -0.05) is 37.3 Å². The third-order valence-corrected chi connectivity index (χ3v) is 3.61. The van der Waals surface area contributed by atoms with Crippen LogP contribution in [-0.4, -0.2) is 23.6 Å². The van der Waals surface area contributed by atoms with E-state index in [0.717, 1.165) is 34.5 Å². The third kappa shape index (κ3) is 3.55. The van der Waals surface area contributed by atoms with Gasteiger partial charge in [-0.2, -0.15) is 0 Å². The number of hydrogen-bond donors (Lipinski definition) is 1. The van der Waals surface area contributed by atoms with Gasteiger partial charge in [0.05, 0.1) is 16.8 Å². The lowest BCUT2D eigenvalue weighted by atomic mass is 10.2. The molecular weight excluding hydrogens is 318 g/mol. The summed E-state index contributed by atoms with van der Waals surface area (Å²) in [4.78, 5) is 9.18. The molecule has 0 radical (unpaired) electrons. The molecule has 1 aromatic heterocycles. The number of hydrogen-bond acceptors (Lipinski definition) is 4.